The number of aliphatic hydroxyl groups is 1. The third-order valence-corrected chi connectivity index (χ3v) is 4.05. The second kappa shape index (κ2) is 14.6. The summed E-state index contributed by atoms with van der Waals surface area (Å²) in [7, 11) is 0. The molecule has 146 valence electrons. The molecule has 1 aromatic rings. The van der Waals surface area contributed by atoms with E-state index in [2.05, 4.69) is 11.8 Å². The van der Waals surface area contributed by atoms with Gasteiger partial charge in [0.1, 0.15) is 17.5 Å². The van der Waals surface area contributed by atoms with E-state index in [-0.39, 0.29) is 12.2 Å². The number of aliphatic hydroxyl groups excluding tert-OH is 1. The first kappa shape index (κ1) is 22.5. The van der Waals surface area contributed by atoms with E-state index >= 15 is 0 Å². The van der Waals surface area contributed by atoms with Crippen molar-refractivity contribution in [1.82, 2.24) is 0 Å². The second-order valence-corrected chi connectivity index (χ2v) is 6.31. The largest absolute Gasteiger partial charge is 0.394 e. The Balaban J connectivity index is 1.98. The second-order valence-electron chi connectivity index (χ2n) is 6.31. The fourth-order valence-corrected chi connectivity index (χ4v) is 2.63. The van der Waals surface area contributed by atoms with Crippen molar-refractivity contribution in [2.24, 2.45) is 0 Å². The van der Waals surface area contributed by atoms with Gasteiger partial charge in [-0.25, -0.2) is 13.2 Å². The Morgan fingerprint density at radius 3 is 1.88 bits per heavy atom. The number of ether oxygens (including phenoxy) is 1. The lowest BCUT2D eigenvalue weighted by molar-refractivity contribution is 0.0895. The Bertz CT molecular complexity index is 541. The summed E-state index contributed by atoms with van der Waals surface area (Å²) in [6, 6.07) is 1.30. The van der Waals surface area contributed by atoms with Crippen LogP contribution in [-0.2, 0) is 4.74 Å². The van der Waals surface area contributed by atoms with Crippen LogP contribution in [0.15, 0.2) is 12.1 Å². The summed E-state index contributed by atoms with van der Waals surface area (Å²) < 4.78 is 44.8. The highest BCUT2D eigenvalue weighted by Crippen LogP contribution is 2.14. The van der Waals surface area contributed by atoms with E-state index in [9.17, 15) is 13.2 Å². The predicted molar refractivity (Wildman–Crippen MR) is 97.3 cm³/mol. The summed E-state index contributed by atoms with van der Waals surface area (Å²) in [5, 5.41) is 8.57. The molecule has 0 heterocycles. The Morgan fingerprint density at radius 1 is 0.769 bits per heavy atom. The van der Waals surface area contributed by atoms with Crippen molar-refractivity contribution >= 4 is 0 Å². The molecule has 1 N–H and O–H groups in total. The summed E-state index contributed by atoms with van der Waals surface area (Å²) >= 11 is 0. The zero-order chi connectivity index (χ0) is 19.0. The molecule has 0 amide bonds. The van der Waals surface area contributed by atoms with Crippen LogP contribution in [0.25, 0.3) is 0 Å². The third-order valence-electron chi connectivity index (χ3n) is 4.05. The molecule has 1 aromatic carbocycles. The first-order valence-corrected chi connectivity index (χ1v) is 9.47. The summed E-state index contributed by atoms with van der Waals surface area (Å²) in [6.07, 6.45) is 10.7. The highest BCUT2D eigenvalue weighted by molar-refractivity contribution is 5.36. The van der Waals surface area contributed by atoms with Gasteiger partial charge in [0.15, 0.2) is 0 Å². The molecule has 26 heavy (non-hydrogen) atoms. The molecular weight excluding hydrogens is 341 g/mol. The summed E-state index contributed by atoms with van der Waals surface area (Å²) in [5.41, 5.74) is -0.354. The molecule has 0 spiro atoms. The topological polar surface area (TPSA) is 29.5 Å². The first-order chi connectivity index (χ1) is 12.6. The maximum atomic E-state index is 13.4. The molecule has 0 saturated heterocycles. The van der Waals surface area contributed by atoms with Crippen molar-refractivity contribution in [2.45, 2.75) is 64.2 Å². The van der Waals surface area contributed by atoms with Crippen LogP contribution in [0.3, 0.4) is 0 Å². The van der Waals surface area contributed by atoms with E-state index in [1.165, 1.54) is 25.7 Å². The fraction of sp³-hybridized carbons (Fsp3) is 0.619. The quantitative estimate of drug-likeness (QED) is 0.374. The minimum Gasteiger partial charge on any atom is -0.394 e. The molecule has 0 atom stereocenters. The zero-order valence-corrected chi connectivity index (χ0v) is 15.3. The average Bonchev–Trinajstić information content (AvgIpc) is 2.60. The minimum atomic E-state index is -0.949. The van der Waals surface area contributed by atoms with Gasteiger partial charge in [0, 0.05) is 25.2 Å². The van der Waals surface area contributed by atoms with Gasteiger partial charge in [-0.3, -0.25) is 0 Å². The first-order valence-electron chi connectivity index (χ1n) is 9.47. The maximum Gasteiger partial charge on any atom is 0.144 e. The van der Waals surface area contributed by atoms with Gasteiger partial charge in [0.2, 0.25) is 0 Å². The molecular formula is C21H29F3O2. The van der Waals surface area contributed by atoms with Gasteiger partial charge in [0.05, 0.1) is 18.8 Å². The van der Waals surface area contributed by atoms with E-state index in [4.69, 9.17) is 9.84 Å². The fourth-order valence-electron chi connectivity index (χ4n) is 2.63. The molecule has 0 aromatic heterocycles. The predicted octanol–water partition coefficient (Wildman–Crippen LogP) is 5.37. The Morgan fingerprint density at radius 2 is 1.31 bits per heavy atom. The minimum absolute atomic E-state index is 0.0889. The van der Waals surface area contributed by atoms with Crippen molar-refractivity contribution in [3.05, 3.63) is 35.1 Å². The highest BCUT2D eigenvalue weighted by Gasteiger charge is 2.08. The third kappa shape index (κ3) is 10.5. The molecule has 0 aliphatic rings. The van der Waals surface area contributed by atoms with E-state index in [0.717, 1.165) is 38.7 Å². The van der Waals surface area contributed by atoms with Crippen molar-refractivity contribution in [3.8, 4) is 11.8 Å². The molecule has 0 bridgehead atoms. The molecule has 0 aliphatic carbocycles. The molecule has 1 rings (SSSR count). The molecule has 2 nitrogen and oxygen atoms in total. The lowest BCUT2D eigenvalue weighted by Crippen LogP contribution is -2.00. The SMILES string of the molecule is OCCOCCCCCCCCCCCC#Cc1c(F)cc(F)cc1F. The molecule has 5 heteroatoms. The Kier molecular flexibility index (Phi) is 12.7. The number of hydrogen-bond acceptors (Lipinski definition) is 2. The number of benzene rings is 1. The Labute approximate surface area is 154 Å². The summed E-state index contributed by atoms with van der Waals surface area (Å²) in [5.74, 6) is 2.40. The van der Waals surface area contributed by atoms with E-state index in [1.54, 1.807) is 0 Å². The monoisotopic (exact) mass is 370 g/mol. The molecule has 0 radical (unpaired) electrons. The van der Waals surface area contributed by atoms with Crippen molar-refractivity contribution in [1.29, 1.82) is 0 Å². The standard InChI is InChI=1S/C21H29F3O2/c22-18-16-20(23)19(21(24)17-18)12-10-8-6-4-2-1-3-5-7-9-11-14-26-15-13-25/h16-17,25H,1-9,11,13-15H2. The Hall–Kier alpha value is -1.51. The number of unbranched alkanes of at least 4 members (excludes halogenated alkanes) is 9. The zero-order valence-electron chi connectivity index (χ0n) is 15.3. The van der Waals surface area contributed by atoms with Crippen LogP contribution < -0.4 is 0 Å². The van der Waals surface area contributed by atoms with Gasteiger partial charge in [-0.15, -0.1) is 0 Å². The lowest BCUT2D eigenvalue weighted by Gasteiger charge is -2.03. The van der Waals surface area contributed by atoms with Crippen LogP contribution in [0.2, 0.25) is 0 Å². The van der Waals surface area contributed by atoms with Gasteiger partial charge in [-0.05, 0) is 12.8 Å². The van der Waals surface area contributed by atoms with Crippen LogP contribution >= 0.6 is 0 Å². The maximum absolute atomic E-state index is 13.4. The van der Waals surface area contributed by atoms with Crippen molar-refractivity contribution in [2.75, 3.05) is 19.8 Å². The normalized spacial score (nSPS) is 10.6. The molecule has 0 unspecified atom stereocenters. The molecule has 0 fully saturated rings. The van der Waals surface area contributed by atoms with E-state index in [0.29, 0.717) is 25.2 Å². The van der Waals surface area contributed by atoms with Crippen molar-refractivity contribution in [3.63, 3.8) is 0 Å². The highest BCUT2D eigenvalue weighted by atomic mass is 19.1. The summed E-state index contributed by atoms with van der Waals surface area (Å²) in [4.78, 5) is 0. The van der Waals surface area contributed by atoms with Crippen LogP contribution in [0, 0.1) is 29.3 Å². The van der Waals surface area contributed by atoms with E-state index in [1.807, 2.05) is 0 Å². The van der Waals surface area contributed by atoms with Crippen LogP contribution in [0.5, 0.6) is 0 Å². The van der Waals surface area contributed by atoms with E-state index < -0.39 is 17.5 Å². The number of rotatable bonds is 13. The van der Waals surface area contributed by atoms with Gasteiger partial charge in [-0.1, -0.05) is 56.8 Å². The van der Waals surface area contributed by atoms with Crippen LogP contribution in [0.4, 0.5) is 13.2 Å². The number of hydrogen-bond donors (Lipinski definition) is 1. The van der Waals surface area contributed by atoms with Gasteiger partial charge in [0.25, 0.3) is 0 Å². The van der Waals surface area contributed by atoms with Crippen LogP contribution in [0.1, 0.15) is 69.8 Å². The molecule has 0 aliphatic heterocycles. The average molecular weight is 370 g/mol. The van der Waals surface area contributed by atoms with Gasteiger partial charge >= 0.3 is 0 Å². The smallest absolute Gasteiger partial charge is 0.144 e. The molecule has 0 saturated carbocycles. The van der Waals surface area contributed by atoms with Crippen LogP contribution in [-0.4, -0.2) is 24.9 Å². The number of halogens is 3. The van der Waals surface area contributed by atoms with Gasteiger partial charge < -0.3 is 9.84 Å². The van der Waals surface area contributed by atoms with Gasteiger partial charge in [-0.2, -0.15) is 0 Å². The van der Waals surface area contributed by atoms with Crippen molar-refractivity contribution < 1.29 is 23.0 Å². The lowest BCUT2D eigenvalue weighted by atomic mass is 10.1. The summed E-state index contributed by atoms with van der Waals surface area (Å²) in [6.45, 7) is 1.25.